The SMILES string of the molecule is CCC(CSC)N(C)c1nnc(C(C)N)o1. The Kier molecular flexibility index (Phi) is 5.08. The van der Waals surface area contributed by atoms with Crippen LogP contribution in [0.4, 0.5) is 6.01 Å². The summed E-state index contributed by atoms with van der Waals surface area (Å²) >= 11 is 1.81. The Morgan fingerprint density at radius 3 is 2.62 bits per heavy atom. The molecule has 5 nitrogen and oxygen atoms in total. The second kappa shape index (κ2) is 6.10. The van der Waals surface area contributed by atoms with E-state index in [2.05, 4.69) is 23.4 Å². The minimum Gasteiger partial charge on any atom is -0.406 e. The first-order chi connectivity index (χ1) is 7.60. The van der Waals surface area contributed by atoms with Gasteiger partial charge in [0.15, 0.2) is 0 Å². The van der Waals surface area contributed by atoms with Crippen LogP contribution in [0.3, 0.4) is 0 Å². The van der Waals surface area contributed by atoms with Crippen molar-refractivity contribution in [3.63, 3.8) is 0 Å². The van der Waals surface area contributed by atoms with Crippen LogP contribution in [-0.4, -0.2) is 35.3 Å². The molecule has 1 heterocycles. The van der Waals surface area contributed by atoms with Gasteiger partial charge < -0.3 is 15.1 Å². The fraction of sp³-hybridized carbons (Fsp3) is 0.800. The highest BCUT2D eigenvalue weighted by molar-refractivity contribution is 7.98. The van der Waals surface area contributed by atoms with Crippen LogP contribution in [0.15, 0.2) is 4.42 Å². The molecule has 1 aromatic rings. The summed E-state index contributed by atoms with van der Waals surface area (Å²) in [6.45, 7) is 3.98. The molecule has 0 fully saturated rings. The predicted octanol–water partition coefficient (Wildman–Crippen LogP) is 1.67. The molecule has 16 heavy (non-hydrogen) atoms. The van der Waals surface area contributed by atoms with Crippen molar-refractivity contribution >= 4 is 17.8 Å². The summed E-state index contributed by atoms with van der Waals surface area (Å²) in [7, 11) is 1.98. The first kappa shape index (κ1) is 13.3. The number of rotatable bonds is 6. The van der Waals surface area contributed by atoms with E-state index in [4.69, 9.17) is 10.2 Å². The van der Waals surface area contributed by atoms with Gasteiger partial charge in [-0.3, -0.25) is 0 Å². The maximum atomic E-state index is 5.68. The molecule has 1 rings (SSSR count). The Bertz CT molecular complexity index is 316. The van der Waals surface area contributed by atoms with Crippen LogP contribution < -0.4 is 10.6 Å². The van der Waals surface area contributed by atoms with E-state index in [1.165, 1.54) is 0 Å². The summed E-state index contributed by atoms with van der Waals surface area (Å²) in [5, 5.41) is 7.93. The minimum atomic E-state index is -0.213. The van der Waals surface area contributed by atoms with E-state index >= 15 is 0 Å². The van der Waals surface area contributed by atoms with Gasteiger partial charge in [0.05, 0.1) is 6.04 Å². The fourth-order valence-electron chi connectivity index (χ4n) is 1.41. The number of thioether (sulfide) groups is 1. The highest BCUT2D eigenvalue weighted by Crippen LogP contribution is 2.19. The molecular weight excluding hydrogens is 224 g/mol. The lowest BCUT2D eigenvalue weighted by Crippen LogP contribution is -2.33. The van der Waals surface area contributed by atoms with Gasteiger partial charge in [-0.1, -0.05) is 12.0 Å². The summed E-state index contributed by atoms with van der Waals surface area (Å²) in [6, 6.07) is 0.750. The van der Waals surface area contributed by atoms with E-state index in [9.17, 15) is 0 Å². The first-order valence-electron chi connectivity index (χ1n) is 5.40. The van der Waals surface area contributed by atoms with E-state index in [0.717, 1.165) is 12.2 Å². The Morgan fingerprint density at radius 1 is 1.50 bits per heavy atom. The van der Waals surface area contributed by atoms with E-state index in [1.807, 2.05) is 30.6 Å². The third-order valence-corrected chi connectivity index (χ3v) is 3.22. The topological polar surface area (TPSA) is 68.2 Å². The quantitative estimate of drug-likeness (QED) is 0.821. The lowest BCUT2D eigenvalue weighted by atomic mass is 10.2. The molecule has 92 valence electrons. The number of hydrogen-bond donors (Lipinski definition) is 1. The molecule has 2 N–H and O–H groups in total. The van der Waals surface area contributed by atoms with Gasteiger partial charge in [-0.15, -0.1) is 5.10 Å². The lowest BCUT2D eigenvalue weighted by Gasteiger charge is -2.24. The second-order valence-electron chi connectivity index (χ2n) is 3.84. The lowest BCUT2D eigenvalue weighted by molar-refractivity contribution is 0.451. The van der Waals surface area contributed by atoms with Crippen LogP contribution in [0.2, 0.25) is 0 Å². The van der Waals surface area contributed by atoms with Crippen LogP contribution in [0.5, 0.6) is 0 Å². The van der Waals surface area contributed by atoms with Crippen molar-refractivity contribution in [2.75, 3.05) is 24.0 Å². The number of nitrogens with two attached hydrogens (primary N) is 1. The number of anilines is 1. The van der Waals surface area contributed by atoms with Crippen LogP contribution in [0.25, 0.3) is 0 Å². The van der Waals surface area contributed by atoms with E-state index in [1.54, 1.807) is 0 Å². The average molecular weight is 244 g/mol. The summed E-state index contributed by atoms with van der Waals surface area (Å²) in [5.74, 6) is 1.53. The standard InChI is InChI=1S/C10H20N4OS/c1-5-8(6-16-4)14(3)10-13-12-9(15-10)7(2)11/h7-8H,5-6,11H2,1-4H3. The minimum absolute atomic E-state index is 0.213. The molecule has 0 bridgehead atoms. The van der Waals surface area contributed by atoms with Crippen LogP contribution in [0.1, 0.15) is 32.2 Å². The zero-order chi connectivity index (χ0) is 12.1. The summed E-state index contributed by atoms with van der Waals surface area (Å²) < 4.78 is 5.51. The molecule has 0 amide bonds. The number of aromatic nitrogens is 2. The normalized spacial score (nSPS) is 14.8. The Morgan fingerprint density at radius 2 is 2.19 bits per heavy atom. The first-order valence-corrected chi connectivity index (χ1v) is 6.80. The summed E-state index contributed by atoms with van der Waals surface area (Å²) in [5.41, 5.74) is 5.68. The summed E-state index contributed by atoms with van der Waals surface area (Å²) in [4.78, 5) is 2.02. The van der Waals surface area contributed by atoms with Gasteiger partial charge in [-0.05, 0) is 19.6 Å². The number of hydrogen-bond acceptors (Lipinski definition) is 6. The Hall–Kier alpha value is -0.750. The molecule has 0 aliphatic carbocycles. The van der Waals surface area contributed by atoms with E-state index in [-0.39, 0.29) is 6.04 Å². The maximum Gasteiger partial charge on any atom is 0.318 e. The van der Waals surface area contributed by atoms with Crippen molar-refractivity contribution in [2.24, 2.45) is 5.73 Å². The fourth-order valence-corrected chi connectivity index (χ4v) is 2.25. The molecule has 0 aliphatic heterocycles. The van der Waals surface area contributed by atoms with Crippen molar-refractivity contribution in [3.05, 3.63) is 5.89 Å². The predicted molar refractivity (Wildman–Crippen MR) is 67.8 cm³/mol. The van der Waals surface area contributed by atoms with Gasteiger partial charge in [-0.25, -0.2) is 0 Å². The molecule has 2 atom stereocenters. The van der Waals surface area contributed by atoms with E-state index < -0.39 is 0 Å². The molecule has 0 aromatic carbocycles. The van der Waals surface area contributed by atoms with Crippen molar-refractivity contribution in [1.82, 2.24) is 10.2 Å². The van der Waals surface area contributed by atoms with Crippen LogP contribution >= 0.6 is 11.8 Å². The molecule has 2 unspecified atom stereocenters. The molecule has 0 saturated heterocycles. The molecule has 0 radical (unpaired) electrons. The molecule has 0 spiro atoms. The Labute approximate surface area is 101 Å². The third-order valence-electron chi connectivity index (χ3n) is 2.50. The van der Waals surface area contributed by atoms with E-state index in [0.29, 0.717) is 17.9 Å². The molecular formula is C10H20N4OS. The average Bonchev–Trinajstić information content (AvgIpc) is 2.74. The van der Waals surface area contributed by atoms with Gasteiger partial charge in [-0.2, -0.15) is 11.8 Å². The smallest absolute Gasteiger partial charge is 0.318 e. The highest BCUT2D eigenvalue weighted by Gasteiger charge is 2.19. The summed E-state index contributed by atoms with van der Waals surface area (Å²) in [6.07, 6.45) is 3.14. The molecule has 6 heteroatoms. The van der Waals surface area contributed by atoms with Crippen LogP contribution in [0, 0.1) is 0 Å². The second-order valence-corrected chi connectivity index (χ2v) is 4.75. The van der Waals surface area contributed by atoms with Crippen molar-refractivity contribution in [3.8, 4) is 0 Å². The zero-order valence-electron chi connectivity index (χ0n) is 10.3. The van der Waals surface area contributed by atoms with Crippen molar-refractivity contribution < 1.29 is 4.42 Å². The van der Waals surface area contributed by atoms with Gasteiger partial charge >= 0.3 is 6.01 Å². The molecule has 1 aromatic heterocycles. The molecule has 0 aliphatic rings. The van der Waals surface area contributed by atoms with Crippen molar-refractivity contribution in [1.29, 1.82) is 0 Å². The monoisotopic (exact) mass is 244 g/mol. The van der Waals surface area contributed by atoms with Crippen molar-refractivity contribution in [2.45, 2.75) is 32.4 Å². The van der Waals surface area contributed by atoms with Crippen LogP contribution in [-0.2, 0) is 0 Å². The third kappa shape index (κ3) is 3.12. The Balaban J connectivity index is 2.73. The largest absolute Gasteiger partial charge is 0.406 e. The van der Waals surface area contributed by atoms with Gasteiger partial charge in [0, 0.05) is 18.8 Å². The highest BCUT2D eigenvalue weighted by atomic mass is 32.2. The van der Waals surface area contributed by atoms with Gasteiger partial charge in [0.2, 0.25) is 5.89 Å². The van der Waals surface area contributed by atoms with Gasteiger partial charge in [0.1, 0.15) is 0 Å². The number of nitrogens with zero attached hydrogens (tertiary/aromatic N) is 3. The maximum absolute atomic E-state index is 5.68. The molecule has 0 saturated carbocycles. The zero-order valence-corrected chi connectivity index (χ0v) is 11.1. The van der Waals surface area contributed by atoms with Gasteiger partial charge in [0.25, 0.3) is 0 Å².